The van der Waals surface area contributed by atoms with Gasteiger partial charge in [0.05, 0.1) is 4.92 Å². The summed E-state index contributed by atoms with van der Waals surface area (Å²) in [5.41, 5.74) is 1.58. The largest absolute Gasteiger partial charge is 0.488 e. The predicted octanol–water partition coefficient (Wildman–Crippen LogP) is 2.70. The zero-order chi connectivity index (χ0) is 18.7. The SMILES string of the molecule is CN1C(=O)N/C(=C/c2ccccc2OCc2ccc([N+](=O)[O-])cc2)C1=O. The maximum absolute atomic E-state index is 12.0. The predicted molar refractivity (Wildman–Crippen MR) is 93.1 cm³/mol. The van der Waals surface area contributed by atoms with E-state index in [1.165, 1.54) is 19.2 Å². The number of amides is 3. The van der Waals surface area contributed by atoms with Gasteiger partial charge < -0.3 is 10.1 Å². The number of non-ortho nitro benzene ring substituents is 1. The summed E-state index contributed by atoms with van der Waals surface area (Å²) in [6, 6.07) is 12.7. The van der Waals surface area contributed by atoms with Crippen LogP contribution in [0.3, 0.4) is 0 Å². The molecule has 3 amide bonds. The first-order valence-corrected chi connectivity index (χ1v) is 7.71. The summed E-state index contributed by atoms with van der Waals surface area (Å²) in [5, 5.41) is 13.2. The first-order chi connectivity index (χ1) is 12.5. The highest BCUT2D eigenvalue weighted by Crippen LogP contribution is 2.23. The summed E-state index contributed by atoms with van der Waals surface area (Å²) in [6.07, 6.45) is 1.55. The Balaban J connectivity index is 1.76. The summed E-state index contributed by atoms with van der Waals surface area (Å²) in [7, 11) is 1.40. The number of nitrogens with one attached hydrogen (secondary N) is 1. The number of rotatable bonds is 5. The zero-order valence-corrected chi connectivity index (χ0v) is 13.8. The van der Waals surface area contributed by atoms with Crippen LogP contribution in [0.2, 0.25) is 0 Å². The van der Waals surface area contributed by atoms with Crippen molar-refractivity contribution < 1.29 is 19.2 Å². The normalized spacial score (nSPS) is 15.3. The van der Waals surface area contributed by atoms with Gasteiger partial charge >= 0.3 is 6.03 Å². The minimum atomic E-state index is -0.481. The second kappa shape index (κ2) is 7.06. The van der Waals surface area contributed by atoms with Gasteiger partial charge in [-0.1, -0.05) is 18.2 Å². The van der Waals surface area contributed by atoms with Gasteiger partial charge in [0.25, 0.3) is 11.6 Å². The van der Waals surface area contributed by atoms with Crippen molar-refractivity contribution in [2.75, 3.05) is 7.05 Å². The van der Waals surface area contributed by atoms with Crippen LogP contribution in [0.4, 0.5) is 10.5 Å². The third kappa shape index (κ3) is 3.54. The molecule has 0 saturated carbocycles. The van der Waals surface area contributed by atoms with Gasteiger partial charge in [-0.05, 0) is 29.8 Å². The molecule has 0 aliphatic carbocycles. The lowest BCUT2D eigenvalue weighted by Gasteiger charge is -2.09. The highest BCUT2D eigenvalue weighted by atomic mass is 16.6. The third-order valence-electron chi connectivity index (χ3n) is 3.84. The van der Waals surface area contributed by atoms with Gasteiger partial charge in [0.15, 0.2) is 0 Å². The Labute approximate surface area is 148 Å². The van der Waals surface area contributed by atoms with Crippen LogP contribution in [0.5, 0.6) is 5.75 Å². The molecule has 132 valence electrons. The number of urea groups is 1. The fourth-order valence-corrected chi connectivity index (χ4v) is 2.38. The van der Waals surface area contributed by atoms with Crippen LogP contribution in [0.15, 0.2) is 54.2 Å². The van der Waals surface area contributed by atoms with Gasteiger partial charge in [0, 0.05) is 24.7 Å². The van der Waals surface area contributed by atoms with Gasteiger partial charge in [-0.3, -0.25) is 19.8 Å². The Hall–Kier alpha value is -3.68. The second-order valence-corrected chi connectivity index (χ2v) is 5.60. The van der Waals surface area contributed by atoms with Gasteiger partial charge in [0.1, 0.15) is 18.1 Å². The van der Waals surface area contributed by atoms with Crippen molar-refractivity contribution >= 4 is 23.7 Å². The molecule has 0 radical (unpaired) electrons. The first-order valence-electron chi connectivity index (χ1n) is 7.71. The van der Waals surface area contributed by atoms with Crippen molar-refractivity contribution in [3.05, 3.63) is 75.5 Å². The Morgan fingerprint density at radius 2 is 1.85 bits per heavy atom. The molecular formula is C18H15N3O5. The quantitative estimate of drug-likeness (QED) is 0.385. The molecule has 1 aliphatic rings. The van der Waals surface area contributed by atoms with Gasteiger partial charge in [-0.2, -0.15) is 0 Å². The molecule has 0 spiro atoms. The minimum absolute atomic E-state index is 0.0125. The number of hydrogen-bond acceptors (Lipinski definition) is 5. The minimum Gasteiger partial charge on any atom is -0.488 e. The van der Waals surface area contributed by atoms with E-state index in [0.29, 0.717) is 11.3 Å². The second-order valence-electron chi connectivity index (χ2n) is 5.60. The van der Waals surface area contributed by atoms with Crippen LogP contribution in [-0.4, -0.2) is 28.8 Å². The number of nitro benzene ring substituents is 1. The molecule has 0 bridgehead atoms. The van der Waals surface area contributed by atoms with E-state index in [9.17, 15) is 19.7 Å². The van der Waals surface area contributed by atoms with Crippen molar-refractivity contribution in [1.82, 2.24) is 10.2 Å². The van der Waals surface area contributed by atoms with Crippen molar-refractivity contribution in [3.8, 4) is 5.75 Å². The summed E-state index contributed by atoms with van der Waals surface area (Å²) < 4.78 is 5.77. The Bertz CT molecular complexity index is 905. The van der Waals surface area contributed by atoms with E-state index in [2.05, 4.69) is 5.32 Å². The number of benzene rings is 2. The van der Waals surface area contributed by atoms with E-state index in [0.717, 1.165) is 10.5 Å². The molecule has 0 unspecified atom stereocenters. The summed E-state index contributed by atoms with van der Waals surface area (Å²) in [5.74, 6) is 0.107. The molecule has 0 atom stereocenters. The Morgan fingerprint density at radius 3 is 2.46 bits per heavy atom. The number of nitrogens with zero attached hydrogens (tertiary/aromatic N) is 2. The Morgan fingerprint density at radius 1 is 1.15 bits per heavy atom. The Kier molecular flexibility index (Phi) is 4.66. The standard InChI is InChI=1S/C18H15N3O5/c1-20-17(22)15(19-18(20)23)10-13-4-2-3-5-16(13)26-11-12-6-8-14(9-7-12)21(24)25/h2-10H,11H2,1H3,(H,19,23)/b15-10+. The zero-order valence-electron chi connectivity index (χ0n) is 13.8. The first kappa shape index (κ1) is 17.2. The van der Waals surface area contributed by atoms with Crippen LogP contribution in [0.25, 0.3) is 6.08 Å². The maximum atomic E-state index is 12.0. The van der Waals surface area contributed by atoms with Crippen molar-refractivity contribution in [2.45, 2.75) is 6.61 Å². The average Bonchev–Trinajstić information content (AvgIpc) is 2.88. The number of hydrogen-bond donors (Lipinski definition) is 1. The summed E-state index contributed by atoms with van der Waals surface area (Å²) >= 11 is 0. The number of ether oxygens (including phenoxy) is 1. The molecule has 3 rings (SSSR count). The lowest BCUT2D eigenvalue weighted by molar-refractivity contribution is -0.384. The lowest BCUT2D eigenvalue weighted by atomic mass is 10.1. The molecule has 2 aromatic rings. The van der Waals surface area contributed by atoms with E-state index in [1.807, 2.05) is 0 Å². The molecule has 1 saturated heterocycles. The van der Waals surface area contributed by atoms with Gasteiger partial charge in [-0.15, -0.1) is 0 Å². The van der Waals surface area contributed by atoms with E-state index < -0.39 is 16.9 Å². The monoisotopic (exact) mass is 353 g/mol. The van der Waals surface area contributed by atoms with Crippen molar-refractivity contribution in [1.29, 1.82) is 0 Å². The molecule has 1 heterocycles. The number of carbonyl (C=O) groups excluding carboxylic acids is 2. The number of carbonyl (C=O) groups is 2. The van der Waals surface area contributed by atoms with Crippen LogP contribution >= 0.6 is 0 Å². The fourth-order valence-electron chi connectivity index (χ4n) is 2.38. The molecule has 2 aromatic carbocycles. The van der Waals surface area contributed by atoms with Crippen molar-refractivity contribution in [3.63, 3.8) is 0 Å². The van der Waals surface area contributed by atoms with Crippen LogP contribution in [0.1, 0.15) is 11.1 Å². The smallest absolute Gasteiger partial charge is 0.328 e. The number of imide groups is 1. The molecule has 1 N–H and O–H groups in total. The molecule has 8 heteroatoms. The average molecular weight is 353 g/mol. The van der Waals surface area contributed by atoms with Crippen LogP contribution in [0, 0.1) is 10.1 Å². The highest BCUT2D eigenvalue weighted by molar-refractivity contribution is 6.13. The number of nitro groups is 1. The molecule has 8 nitrogen and oxygen atoms in total. The molecule has 26 heavy (non-hydrogen) atoms. The van der Waals surface area contributed by atoms with Crippen LogP contribution in [-0.2, 0) is 11.4 Å². The van der Waals surface area contributed by atoms with E-state index >= 15 is 0 Å². The molecule has 1 fully saturated rings. The number of likely N-dealkylation sites (N-methyl/N-ethyl adjacent to an activating group) is 1. The lowest BCUT2D eigenvalue weighted by Crippen LogP contribution is -2.25. The van der Waals surface area contributed by atoms with E-state index in [-0.39, 0.29) is 18.0 Å². The van der Waals surface area contributed by atoms with Crippen molar-refractivity contribution in [2.24, 2.45) is 0 Å². The molecule has 0 aromatic heterocycles. The van der Waals surface area contributed by atoms with Gasteiger partial charge in [-0.25, -0.2) is 4.79 Å². The highest BCUT2D eigenvalue weighted by Gasteiger charge is 2.30. The maximum Gasteiger partial charge on any atom is 0.328 e. The van der Waals surface area contributed by atoms with E-state index in [1.54, 1.807) is 42.5 Å². The molecular weight excluding hydrogens is 338 g/mol. The van der Waals surface area contributed by atoms with Crippen LogP contribution < -0.4 is 10.1 Å². The third-order valence-corrected chi connectivity index (χ3v) is 3.84. The van der Waals surface area contributed by atoms with E-state index in [4.69, 9.17) is 4.74 Å². The summed E-state index contributed by atoms with van der Waals surface area (Å²) in [6.45, 7) is 0.207. The fraction of sp³-hybridized carbons (Fsp3) is 0.111. The number of para-hydroxylation sites is 1. The topological polar surface area (TPSA) is 102 Å². The van der Waals surface area contributed by atoms with Gasteiger partial charge in [0.2, 0.25) is 0 Å². The molecule has 1 aliphatic heterocycles. The summed E-state index contributed by atoms with van der Waals surface area (Å²) in [4.78, 5) is 34.7.